The van der Waals surface area contributed by atoms with Crippen LogP contribution in [0.4, 0.5) is 5.69 Å². The second-order valence-corrected chi connectivity index (χ2v) is 5.90. The largest absolute Gasteiger partial charge is 0.494 e. The monoisotopic (exact) mass is 357 g/mol. The van der Waals surface area contributed by atoms with Crippen molar-refractivity contribution in [3.05, 3.63) is 54.1 Å². The van der Waals surface area contributed by atoms with Gasteiger partial charge in [-0.1, -0.05) is 25.8 Å². The van der Waals surface area contributed by atoms with Crippen LogP contribution in [-0.2, 0) is 4.74 Å². The number of carbonyl (C=O) groups is 1. The third kappa shape index (κ3) is 6.76. The normalized spacial score (nSPS) is 10.4. The summed E-state index contributed by atoms with van der Waals surface area (Å²) in [5.41, 5.74) is 1.27. The van der Waals surface area contributed by atoms with Crippen molar-refractivity contribution in [3.63, 3.8) is 0 Å². The number of anilines is 1. The summed E-state index contributed by atoms with van der Waals surface area (Å²) in [6.07, 6.45) is 3.37. The van der Waals surface area contributed by atoms with Gasteiger partial charge in [0, 0.05) is 24.4 Å². The van der Waals surface area contributed by atoms with Crippen molar-refractivity contribution in [1.82, 2.24) is 0 Å². The van der Waals surface area contributed by atoms with Crippen LogP contribution in [0.15, 0.2) is 48.5 Å². The SMILES string of the molecule is CCCCCOc1ccc(C(=O)Nc2cccc(OCCOC)c2)cc1. The van der Waals surface area contributed by atoms with Gasteiger partial charge in [-0.05, 0) is 42.8 Å². The molecule has 0 bridgehead atoms. The molecule has 5 nitrogen and oxygen atoms in total. The summed E-state index contributed by atoms with van der Waals surface area (Å²) in [5, 5.41) is 2.88. The van der Waals surface area contributed by atoms with Crippen molar-refractivity contribution in [3.8, 4) is 11.5 Å². The molecule has 0 atom stereocenters. The predicted molar refractivity (Wildman–Crippen MR) is 103 cm³/mol. The fraction of sp³-hybridized carbons (Fsp3) is 0.381. The van der Waals surface area contributed by atoms with E-state index in [1.165, 1.54) is 6.42 Å². The van der Waals surface area contributed by atoms with Crippen molar-refractivity contribution >= 4 is 11.6 Å². The Bertz CT molecular complexity index is 670. The van der Waals surface area contributed by atoms with Crippen LogP contribution in [0.2, 0.25) is 0 Å². The Morgan fingerprint density at radius 3 is 2.42 bits per heavy atom. The highest BCUT2D eigenvalue weighted by Crippen LogP contribution is 2.19. The minimum atomic E-state index is -0.170. The molecule has 0 aromatic heterocycles. The number of unbranched alkanes of at least 4 members (excludes halogenated alkanes) is 2. The van der Waals surface area contributed by atoms with Gasteiger partial charge < -0.3 is 19.5 Å². The van der Waals surface area contributed by atoms with Crippen LogP contribution in [0.3, 0.4) is 0 Å². The van der Waals surface area contributed by atoms with Crippen molar-refractivity contribution in [2.75, 3.05) is 32.2 Å². The second-order valence-electron chi connectivity index (χ2n) is 5.90. The summed E-state index contributed by atoms with van der Waals surface area (Å²) in [7, 11) is 1.63. The van der Waals surface area contributed by atoms with Gasteiger partial charge in [-0.25, -0.2) is 0 Å². The van der Waals surface area contributed by atoms with Gasteiger partial charge in [0.25, 0.3) is 5.91 Å². The topological polar surface area (TPSA) is 56.8 Å². The maximum atomic E-state index is 12.4. The van der Waals surface area contributed by atoms with Gasteiger partial charge >= 0.3 is 0 Å². The lowest BCUT2D eigenvalue weighted by Crippen LogP contribution is -2.12. The summed E-state index contributed by atoms with van der Waals surface area (Å²) in [6.45, 7) is 3.85. The van der Waals surface area contributed by atoms with Crippen molar-refractivity contribution in [1.29, 1.82) is 0 Å². The standard InChI is InChI=1S/C21H27NO4/c1-3-4-5-13-25-19-11-9-17(10-12-19)21(23)22-18-7-6-8-20(16-18)26-15-14-24-2/h6-12,16H,3-5,13-15H2,1-2H3,(H,22,23). The van der Waals surface area contributed by atoms with Crippen LogP contribution >= 0.6 is 0 Å². The Labute approximate surface area is 155 Å². The van der Waals surface area contributed by atoms with E-state index in [4.69, 9.17) is 14.2 Å². The van der Waals surface area contributed by atoms with Crippen LogP contribution in [0.5, 0.6) is 11.5 Å². The highest BCUT2D eigenvalue weighted by atomic mass is 16.5. The lowest BCUT2D eigenvalue weighted by Gasteiger charge is -2.10. The smallest absolute Gasteiger partial charge is 0.255 e. The Hall–Kier alpha value is -2.53. The van der Waals surface area contributed by atoms with E-state index in [2.05, 4.69) is 12.2 Å². The molecule has 0 aliphatic heterocycles. The fourth-order valence-electron chi connectivity index (χ4n) is 2.35. The van der Waals surface area contributed by atoms with Gasteiger partial charge in [0.15, 0.2) is 0 Å². The highest BCUT2D eigenvalue weighted by Gasteiger charge is 2.07. The summed E-state index contributed by atoms with van der Waals surface area (Å²) in [5.74, 6) is 1.30. The van der Waals surface area contributed by atoms with Crippen LogP contribution in [0.25, 0.3) is 0 Å². The van der Waals surface area contributed by atoms with Crippen LogP contribution in [0.1, 0.15) is 36.5 Å². The molecule has 0 fully saturated rings. The lowest BCUT2D eigenvalue weighted by molar-refractivity contribution is 0.102. The van der Waals surface area contributed by atoms with Crippen molar-refractivity contribution in [2.24, 2.45) is 0 Å². The number of nitrogens with one attached hydrogen (secondary N) is 1. The molecule has 2 rings (SSSR count). The van der Waals surface area contributed by atoms with Gasteiger partial charge in [0.05, 0.1) is 13.2 Å². The fourth-order valence-corrected chi connectivity index (χ4v) is 2.35. The summed E-state index contributed by atoms with van der Waals surface area (Å²) in [4.78, 5) is 12.4. The Kier molecular flexibility index (Phi) is 8.49. The lowest BCUT2D eigenvalue weighted by atomic mass is 10.2. The quantitative estimate of drug-likeness (QED) is 0.600. The maximum absolute atomic E-state index is 12.4. The van der Waals surface area contributed by atoms with Crippen LogP contribution in [-0.4, -0.2) is 32.8 Å². The number of hydrogen-bond donors (Lipinski definition) is 1. The van der Waals surface area contributed by atoms with E-state index < -0.39 is 0 Å². The first-order valence-corrected chi connectivity index (χ1v) is 8.99. The average molecular weight is 357 g/mol. The van der Waals surface area contributed by atoms with Gasteiger partial charge in [-0.3, -0.25) is 4.79 Å². The number of ether oxygens (including phenoxy) is 3. The molecule has 2 aromatic rings. The molecule has 0 saturated carbocycles. The van der Waals surface area contributed by atoms with Gasteiger partial charge in [0.1, 0.15) is 18.1 Å². The van der Waals surface area contributed by atoms with Gasteiger partial charge in [-0.2, -0.15) is 0 Å². The maximum Gasteiger partial charge on any atom is 0.255 e. The van der Waals surface area contributed by atoms with E-state index >= 15 is 0 Å². The third-order valence-electron chi connectivity index (χ3n) is 3.78. The number of amides is 1. The molecule has 1 amide bonds. The number of carbonyl (C=O) groups excluding carboxylic acids is 1. The summed E-state index contributed by atoms with van der Waals surface area (Å²) >= 11 is 0. The van der Waals surface area contributed by atoms with Gasteiger partial charge in [-0.15, -0.1) is 0 Å². The molecule has 140 valence electrons. The number of hydrogen-bond acceptors (Lipinski definition) is 4. The second kappa shape index (κ2) is 11.2. The van der Waals surface area contributed by atoms with Crippen molar-refractivity contribution < 1.29 is 19.0 Å². The highest BCUT2D eigenvalue weighted by molar-refractivity contribution is 6.04. The van der Waals surface area contributed by atoms with Gasteiger partial charge in [0.2, 0.25) is 0 Å². The summed E-state index contributed by atoms with van der Waals surface area (Å²) < 4.78 is 16.2. The first-order chi connectivity index (χ1) is 12.7. The van der Waals surface area contributed by atoms with Crippen LogP contribution < -0.4 is 14.8 Å². The number of benzene rings is 2. The molecule has 0 heterocycles. The zero-order chi connectivity index (χ0) is 18.6. The first-order valence-electron chi connectivity index (χ1n) is 8.99. The molecule has 26 heavy (non-hydrogen) atoms. The molecule has 0 radical (unpaired) electrons. The first kappa shape index (κ1) is 19.8. The zero-order valence-electron chi connectivity index (χ0n) is 15.5. The molecule has 5 heteroatoms. The molecule has 2 aromatic carbocycles. The molecule has 0 spiro atoms. The van der Waals surface area contributed by atoms with Crippen LogP contribution in [0, 0.1) is 0 Å². The minimum Gasteiger partial charge on any atom is -0.494 e. The molecule has 0 aliphatic carbocycles. The van der Waals surface area contributed by atoms with E-state index in [1.54, 1.807) is 25.3 Å². The molecule has 1 N–H and O–H groups in total. The number of methoxy groups -OCH3 is 1. The predicted octanol–water partition coefficient (Wildman–Crippen LogP) is 4.53. The summed E-state index contributed by atoms with van der Waals surface area (Å²) in [6, 6.07) is 14.5. The third-order valence-corrected chi connectivity index (χ3v) is 3.78. The molecule has 0 saturated heterocycles. The zero-order valence-corrected chi connectivity index (χ0v) is 15.5. The Morgan fingerprint density at radius 2 is 1.69 bits per heavy atom. The Morgan fingerprint density at radius 1 is 0.923 bits per heavy atom. The molecule has 0 aliphatic rings. The van der Waals surface area contributed by atoms with E-state index in [9.17, 15) is 4.79 Å². The average Bonchev–Trinajstić information content (AvgIpc) is 2.66. The molecule has 0 unspecified atom stereocenters. The van der Waals surface area contributed by atoms with Crippen molar-refractivity contribution in [2.45, 2.75) is 26.2 Å². The van der Waals surface area contributed by atoms with E-state index in [-0.39, 0.29) is 5.91 Å². The minimum absolute atomic E-state index is 0.170. The molecular formula is C21H27NO4. The van der Waals surface area contributed by atoms with E-state index in [0.717, 1.165) is 18.6 Å². The molecular weight excluding hydrogens is 330 g/mol. The Balaban J connectivity index is 1.88. The van der Waals surface area contributed by atoms with E-state index in [0.29, 0.717) is 36.8 Å². The van der Waals surface area contributed by atoms with E-state index in [1.807, 2.05) is 30.3 Å². The number of rotatable bonds is 11.